The fourth-order valence-corrected chi connectivity index (χ4v) is 1.25. The number of carbonyl (C=O) groups excluding carboxylic acids is 1. The van der Waals surface area contributed by atoms with Gasteiger partial charge in [0.25, 0.3) is 5.91 Å². The molecule has 1 amide bonds. The van der Waals surface area contributed by atoms with Gasteiger partial charge in [-0.3, -0.25) is 4.79 Å². The molecular formula is C10H17N3O. The van der Waals surface area contributed by atoms with Gasteiger partial charge in [0.2, 0.25) is 0 Å². The van der Waals surface area contributed by atoms with E-state index in [1.54, 1.807) is 0 Å². The molecule has 1 atom stereocenters. The number of nitrogens with one attached hydrogen (secondary N) is 1. The van der Waals surface area contributed by atoms with Crippen molar-refractivity contribution in [1.82, 2.24) is 9.88 Å². The van der Waals surface area contributed by atoms with Crippen molar-refractivity contribution in [2.24, 2.45) is 5.73 Å². The first-order valence-corrected chi connectivity index (χ1v) is 4.85. The maximum Gasteiger partial charge on any atom is 0.268 e. The van der Waals surface area contributed by atoms with E-state index in [1.807, 2.05) is 36.7 Å². The quantitative estimate of drug-likeness (QED) is 0.738. The lowest BCUT2D eigenvalue weighted by Gasteiger charge is -2.12. The molecule has 0 fully saturated rings. The molecule has 0 saturated heterocycles. The van der Waals surface area contributed by atoms with Crippen molar-refractivity contribution in [2.75, 3.05) is 6.54 Å². The molecule has 1 aromatic heterocycles. The molecule has 0 aromatic carbocycles. The van der Waals surface area contributed by atoms with E-state index >= 15 is 0 Å². The Morgan fingerprint density at radius 2 is 2.43 bits per heavy atom. The van der Waals surface area contributed by atoms with Crippen LogP contribution in [0.25, 0.3) is 0 Å². The molecule has 0 spiro atoms. The topological polar surface area (TPSA) is 60.0 Å². The van der Waals surface area contributed by atoms with Gasteiger partial charge in [0.05, 0.1) is 0 Å². The Morgan fingerprint density at radius 3 is 3.00 bits per heavy atom. The Labute approximate surface area is 84.1 Å². The Kier molecular flexibility index (Phi) is 3.71. The third-order valence-electron chi connectivity index (χ3n) is 2.13. The molecule has 4 nitrogen and oxygen atoms in total. The summed E-state index contributed by atoms with van der Waals surface area (Å²) in [6, 6.07) is 3.69. The van der Waals surface area contributed by atoms with E-state index in [-0.39, 0.29) is 11.9 Å². The summed E-state index contributed by atoms with van der Waals surface area (Å²) in [6.45, 7) is 5.14. The smallest absolute Gasteiger partial charge is 0.268 e. The molecule has 0 radical (unpaired) electrons. The number of nitrogens with two attached hydrogens (primary N) is 1. The molecule has 0 bridgehead atoms. The van der Waals surface area contributed by atoms with Crippen LogP contribution in [0.2, 0.25) is 0 Å². The molecule has 3 N–H and O–H groups in total. The van der Waals surface area contributed by atoms with Gasteiger partial charge < -0.3 is 15.6 Å². The molecule has 78 valence electrons. The molecule has 1 unspecified atom stereocenters. The van der Waals surface area contributed by atoms with Crippen LogP contribution in [0.3, 0.4) is 0 Å². The van der Waals surface area contributed by atoms with Gasteiger partial charge in [-0.2, -0.15) is 0 Å². The van der Waals surface area contributed by atoms with Gasteiger partial charge in [0.1, 0.15) is 5.69 Å². The minimum Gasteiger partial charge on any atom is -0.347 e. The van der Waals surface area contributed by atoms with E-state index in [0.29, 0.717) is 12.2 Å². The number of hydrogen-bond acceptors (Lipinski definition) is 2. The molecule has 1 rings (SSSR count). The zero-order chi connectivity index (χ0) is 10.6. The maximum atomic E-state index is 11.7. The first kappa shape index (κ1) is 10.8. The Balaban J connectivity index is 2.69. The third kappa shape index (κ3) is 2.35. The summed E-state index contributed by atoms with van der Waals surface area (Å²) >= 11 is 0. The Hall–Kier alpha value is -1.29. The molecule has 0 aliphatic heterocycles. The summed E-state index contributed by atoms with van der Waals surface area (Å²) in [5, 5.41) is 2.82. The average molecular weight is 195 g/mol. The van der Waals surface area contributed by atoms with Crippen LogP contribution in [0.5, 0.6) is 0 Å². The van der Waals surface area contributed by atoms with Crippen molar-refractivity contribution in [3.05, 3.63) is 24.0 Å². The molecule has 1 heterocycles. The average Bonchev–Trinajstić information content (AvgIpc) is 2.65. The molecular weight excluding hydrogens is 178 g/mol. The van der Waals surface area contributed by atoms with Crippen molar-refractivity contribution in [2.45, 2.75) is 26.4 Å². The highest BCUT2D eigenvalue weighted by Gasteiger charge is 2.11. The highest BCUT2D eigenvalue weighted by molar-refractivity contribution is 5.92. The lowest BCUT2D eigenvalue weighted by molar-refractivity contribution is 0.0932. The number of aryl methyl sites for hydroxylation is 1. The van der Waals surface area contributed by atoms with Crippen molar-refractivity contribution in [3.63, 3.8) is 0 Å². The van der Waals surface area contributed by atoms with E-state index in [0.717, 1.165) is 6.54 Å². The van der Waals surface area contributed by atoms with Crippen LogP contribution in [0, 0.1) is 0 Å². The van der Waals surface area contributed by atoms with Gasteiger partial charge in [-0.1, -0.05) is 0 Å². The predicted molar refractivity (Wildman–Crippen MR) is 56.1 cm³/mol. The van der Waals surface area contributed by atoms with E-state index in [4.69, 9.17) is 5.73 Å². The standard InChI is InChI=1S/C10H17N3O/c1-3-13-6-4-5-9(13)10(14)12-8(2)7-11/h4-6,8H,3,7,11H2,1-2H3,(H,12,14). The minimum absolute atomic E-state index is 0.0164. The van der Waals surface area contributed by atoms with Crippen molar-refractivity contribution < 1.29 is 4.79 Å². The number of nitrogens with zero attached hydrogens (tertiary/aromatic N) is 1. The third-order valence-corrected chi connectivity index (χ3v) is 2.13. The van der Waals surface area contributed by atoms with Gasteiger partial charge in [-0.05, 0) is 26.0 Å². The Morgan fingerprint density at radius 1 is 1.71 bits per heavy atom. The number of carbonyl (C=O) groups is 1. The van der Waals surface area contributed by atoms with Crippen LogP contribution in [-0.4, -0.2) is 23.1 Å². The number of aromatic nitrogens is 1. The van der Waals surface area contributed by atoms with Crippen LogP contribution < -0.4 is 11.1 Å². The first-order chi connectivity index (χ1) is 6.69. The van der Waals surface area contributed by atoms with Crippen molar-refractivity contribution in [1.29, 1.82) is 0 Å². The van der Waals surface area contributed by atoms with Gasteiger partial charge in [0.15, 0.2) is 0 Å². The monoisotopic (exact) mass is 195 g/mol. The second-order valence-electron chi connectivity index (χ2n) is 3.29. The van der Waals surface area contributed by atoms with Gasteiger partial charge in [0, 0.05) is 25.3 Å². The zero-order valence-corrected chi connectivity index (χ0v) is 8.66. The molecule has 4 heteroatoms. The van der Waals surface area contributed by atoms with E-state index in [2.05, 4.69) is 5.32 Å². The molecule has 1 aromatic rings. The van der Waals surface area contributed by atoms with Crippen LogP contribution in [0.4, 0.5) is 0 Å². The maximum absolute atomic E-state index is 11.7. The van der Waals surface area contributed by atoms with Crippen LogP contribution in [0.1, 0.15) is 24.3 Å². The minimum atomic E-state index is -0.0604. The van der Waals surface area contributed by atoms with Gasteiger partial charge in [-0.25, -0.2) is 0 Å². The number of amides is 1. The summed E-state index contributed by atoms with van der Waals surface area (Å²) in [6.07, 6.45) is 1.89. The Bertz CT molecular complexity index is 306. The lowest BCUT2D eigenvalue weighted by Crippen LogP contribution is -2.38. The first-order valence-electron chi connectivity index (χ1n) is 4.85. The fraction of sp³-hybridized carbons (Fsp3) is 0.500. The number of rotatable bonds is 4. The normalized spacial score (nSPS) is 12.5. The van der Waals surface area contributed by atoms with Crippen molar-refractivity contribution >= 4 is 5.91 Å². The number of hydrogen-bond donors (Lipinski definition) is 2. The van der Waals surface area contributed by atoms with E-state index in [9.17, 15) is 4.79 Å². The molecule has 14 heavy (non-hydrogen) atoms. The summed E-state index contributed by atoms with van der Waals surface area (Å²) in [5.74, 6) is -0.0604. The lowest BCUT2D eigenvalue weighted by atomic mass is 10.3. The van der Waals surface area contributed by atoms with Gasteiger partial charge in [-0.15, -0.1) is 0 Å². The molecule has 0 aliphatic rings. The van der Waals surface area contributed by atoms with E-state index < -0.39 is 0 Å². The summed E-state index contributed by atoms with van der Waals surface area (Å²) in [7, 11) is 0. The summed E-state index contributed by atoms with van der Waals surface area (Å²) < 4.78 is 1.90. The fourth-order valence-electron chi connectivity index (χ4n) is 1.25. The zero-order valence-electron chi connectivity index (χ0n) is 8.66. The van der Waals surface area contributed by atoms with Crippen LogP contribution >= 0.6 is 0 Å². The summed E-state index contributed by atoms with van der Waals surface area (Å²) in [4.78, 5) is 11.7. The second kappa shape index (κ2) is 4.81. The highest BCUT2D eigenvalue weighted by atomic mass is 16.2. The molecule has 0 aliphatic carbocycles. The van der Waals surface area contributed by atoms with E-state index in [1.165, 1.54) is 0 Å². The SMILES string of the molecule is CCn1cccc1C(=O)NC(C)CN. The largest absolute Gasteiger partial charge is 0.347 e. The molecule has 0 saturated carbocycles. The van der Waals surface area contributed by atoms with Crippen LogP contribution in [0.15, 0.2) is 18.3 Å². The van der Waals surface area contributed by atoms with Gasteiger partial charge >= 0.3 is 0 Å². The van der Waals surface area contributed by atoms with Crippen molar-refractivity contribution in [3.8, 4) is 0 Å². The highest BCUT2D eigenvalue weighted by Crippen LogP contribution is 2.02. The summed E-state index contributed by atoms with van der Waals surface area (Å²) in [5.41, 5.74) is 6.11. The second-order valence-corrected chi connectivity index (χ2v) is 3.29. The predicted octanol–water partition coefficient (Wildman–Crippen LogP) is 0.585. The van der Waals surface area contributed by atoms with Crippen LogP contribution in [-0.2, 0) is 6.54 Å².